The van der Waals surface area contributed by atoms with Crippen LogP contribution in [-0.2, 0) is 11.8 Å². The van der Waals surface area contributed by atoms with E-state index in [0.29, 0.717) is 17.7 Å². The summed E-state index contributed by atoms with van der Waals surface area (Å²) in [4.78, 5) is 0. The van der Waals surface area contributed by atoms with E-state index < -0.39 is 5.41 Å². The Bertz CT molecular complexity index is 2440. The van der Waals surface area contributed by atoms with E-state index in [2.05, 4.69) is 164 Å². The standard InChI is InChI=1S/C47H36N2O/c1-31(2)29-32-21-27-37(28-22-32)47(43-19-7-5-16-40(43)41-17-6-8-20-44(41)47)38-14-9-13-36(30-38)33-23-25-35(26-24-33)45-48-49-46(50-45)42-18-10-12-34-11-3-4-15-39(34)42/h3-28,30-31H,29H2,1-2H3. The summed E-state index contributed by atoms with van der Waals surface area (Å²) < 4.78 is 6.23. The van der Waals surface area contributed by atoms with Gasteiger partial charge in [-0.05, 0) is 97.4 Å². The van der Waals surface area contributed by atoms with Crippen LogP contribution in [0.5, 0.6) is 0 Å². The van der Waals surface area contributed by atoms with Gasteiger partial charge in [0.05, 0.1) is 5.41 Å². The lowest BCUT2D eigenvalue weighted by Crippen LogP contribution is -2.28. The van der Waals surface area contributed by atoms with Crippen LogP contribution in [-0.4, -0.2) is 10.2 Å². The first kappa shape index (κ1) is 30.0. The Labute approximate surface area is 292 Å². The van der Waals surface area contributed by atoms with Gasteiger partial charge in [-0.3, -0.25) is 0 Å². The molecule has 0 fully saturated rings. The molecule has 1 aromatic heterocycles. The topological polar surface area (TPSA) is 38.9 Å². The van der Waals surface area contributed by atoms with Crippen molar-refractivity contribution in [1.82, 2.24) is 10.2 Å². The minimum Gasteiger partial charge on any atom is -0.416 e. The van der Waals surface area contributed by atoms with Crippen LogP contribution in [0.4, 0.5) is 0 Å². The first-order chi connectivity index (χ1) is 24.6. The largest absolute Gasteiger partial charge is 0.416 e. The van der Waals surface area contributed by atoms with Gasteiger partial charge in [0.15, 0.2) is 0 Å². The van der Waals surface area contributed by atoms with Gasteiger partial charge in [-0.2, -0.15) is 0 Å². The van der Waals surface area contributed by atoms with Crippen molar-refractivity contribution in [2.45, 2.75) is 25.7 Å². The van der Waals surface area contributed by atoms with Crippen LogP contribution in [0.1, 0.15) is 41.7 Å². The average molecular weight is 645 g/mol. The van der Waals surface area contributed by atoms with Gasteiger partial charge in [-0.1, -0.05) is 153 Å². The monoisotopic (exact) mass is 644 g/mol. The summed E-state index contributed by atoms with van der Waals surface area (Å²) in [6, 6.07) is 59.2. The third-order valence-electron chi connectivity index (χ3n) is 10.2. The highest BCUT2D eigenvalue weighted by atomic mass is 16.4. The second kappa shape index (κ2) is 12.1. The predicted molar refractivity (Wildman–Crippen MR) is 204 cm³/mol. The van der Waals surface area contributed by atoms with Gasteiger partial charge in [-0.25, -0.2) is 0 Å². The van der Waals surface area contributed by atoms with E-state index in [1.165, 1.54) is 38.9 Å². The third-order valence-corrected chi connectivity index (χ3v) is 10.2. The minimum atomic E-state index is -0.443. The van der Waals surface area contributed by atoms with E-state index in [-0.39, 0.29) is 0 Å². The summed E-state index contributed by atoms with van der Waals surface area (Å²) in [6.45, 7) is 4.56. The fourth-order valence-electron chi connectivity index (χ4n) is 7.98. The maximum absolute atomic E-state index is 6.23. The van der Waals surface area contributed by atoms with Gasteiger partial charge in [0.25, 0.3) is 0 Å². The van der Waals surface area contributed by atoms with Gasteiger partial charge >= 0.3 is 0 Å². The number of fused-ring (bicyclic) bond motifs is 4. The van der Waals surface area contributed by atoms with Crippen LogP contribution >= 0.6 is 0 Å². The molecule has 8 aromatic rings. The highest BCUT2D eigenvalue weighted by Gasteiger charge is 2.45. The lowest BCUT2D eigenvalue weighted by Gasteiger charge is -2.34. The molecule has 7 aromatic carbocycles. The summed E-state index contributed by atoms with van der Waals surface area (Å²) in [6.07, 6.45) is 1.07. The highest BCUT2D eigenvalue weighted by molar-refractivity contribution is 5.94. The SMILES string of the molecule is CC(C)Cc1ccc(C2(c3cccc(-c4ccc(-c5nnc(-c6cccc7ccccc67)o5)cc4)c3)c3ccccc3-c3ccccc32)cc1. The predicted octanol–water partition coefficient (Wildman–Crippen LogP) is 11.8. The molecule has 0 saturated carbocycles. The molecule has 240 valence electrons. The zero-order valence-corrected chi connectivity index (χ0v) is 28.2. The van der Waals surface area contributed by atoms with E-state index >= 15 is 0 Å². The van der Waals surface area contributed by atoms with Gasteiger partial charge in [-0.15, -0.1) is 10.2 Å². The van der Waals surface area contributed by atoms with E-state index in [0.717, 1.165) is 39.4 Å². The van der Waals surface area contributed by atoms with Crippen molar-refractivity contribution in [2.75, 3.05) is 0 Å². The molecule has 3 nitrogen and oxygen atoms in total. The van der Waals surface area contributed by atoms with E-state index in [1.807, 2.05) is 24.3 Å². The van der Waals surface area contributed by atoms with Crippen LogP contribution in [0.15, 0.2) is 168 Å². The number of rotatable bonds is 7. The van der Waals surface area contributed by atoms with Crippen molar-refractivity contribution in [3.05, 3.63) is 192 Å². The van der Waals surface area contributed by atoms with Crippen molar-refractivity contribution < 1.29 is 4.42 Å². The number of nitrogens with zero attached hydrogens (tertiary/aromatic N) is 2. The lowest BCUT2D eigenvalue weighted by atomic mass is 9.67. The molecular weight excluding hydrogens is 609 g/mol. The van der Waals surface area contributed by atoms with Crippen LogP contribution in [0, 0.1) is 5.92 Å². The molecular formula is C47H36N2O. The summed E-state index contributed by atoms with van der Waals surface area (Å²) in [5.74, 6) is 1.64. The molecule has 0 unspecified atom stereocenters. The minimum absolute atomic E-state index is 0.443. The molecule has 0 spiro atoms. The molecule has 3 heteroatoms. The number of hydrogen-bond donors (Lipinski definition) is 0. The normalized spacial score (nSPS) is 13.0. The van der Waals surface area contributed by atoms with Gasteiger partial charge in [0, 0.05) is 11.1 Å². The Morgan fingerprint density at radius 3 is 1.84 bits per heavy atom. The quantitative estimate of drug-likeness (QED) is 0.173. The fourth-order valence-corrected chi connectivity index (χ4v) is 7.98. The molecule has 1 heterocycles. The molecule has 50 heavy (non-hydrogen) atoms. The Kier molecular flexibility index (Phi) is 7.28. The van der Waals surface area contributed by atoms with E-state index in [4.69, 9.17) is 4.42 Å². The molecule has 0 radical (unpaired) electrons. The zero-order valence-electron chi connectivity index (χ0n) is 28.2. The smallest absolute Gasteiger partial charge is 0.248 e. The van der Waals surface area contributed by atoms with Crippen LogP contribution in [0.3, 0.4) is 0 Å². The Hall–Kier alpha value is -6.06. The van der Waals surface area contributed by atoms with Crippen molar-refractivity contribution in [1.29, 1.82) is 0 Å². The van der Waals surface area contributed by atoms with Gasteiger partial charge < -0.3 is 4.42 Å². The number of hydrogen-bond acceptors (Lipinski definition) is 3. The second-order valence-electron chi connectivity index (χ2n) is 13.7. The molecule has 0 atom stereocenters. The molecule has 0 amide bonds. The molecule has 1 aliphatic carbocycles. The molecule has 0 N–H and O–H groups in total. The maximum Gasteiger partial charge on any atom is 0.248 e. The van der Waals surface area contributed by atoms with Crippen LogP contribution in [0.2, 0.25) is 0 Å². The summed E-state index contributed by atoms with van der Waals surface area (Å²) in [5.41, 5.74) is 12.8. The Morgan fingerprint density at radius 1 is 0.500 bits per heavy atom. The first-order valence-corrected chi connectivity index (χ1v) is 17.4. The Morgan fingerprint density at radius 2 is 1.10 bits per heavy atom. The van der Waals surface area contributed by atoms with Crippen molar-refractivity contribution in [3.63, 3.8) is 0 Å². The zero-order chi connectivity index (χ0) is 33.7. The first-order valence-electron chi connectivity index (χ1n) is 17.4. The fraction of sp³-hybridized carbons (Fsp3) is 0.106. The van der Waals surface area contributed by atoms with Crippen LogP contribution < -0.4 is 0 Å². The maximum atomic E-state index is 6.23. The van der Waals surface area contributed by atoms with E-state index in [9.17, 15) is 0 Å². The average Bonchev–Trinajstić information content (AvgIpc) is 3.77. The number of benzene rings is 7. The van der Waals surface area contributed by atoms with Crippen molar-refractivity contribution in [2.24, 2.45) is 5.92 Å². The number of aromatic nitrogens is 2. The summed E-state index contributed by atoms with van der Waals surface area (Å²) in [5, 5.41) is 11.1. The highest BCUT2D eigenvalue weighted by Crippen LogP contribution is 2.56. The molecule has 0 saturated heterocycles. The molecule has 0 aliphatic heterocycles. The van der Waals surface area contributed by atoms with Crippen molar-refractivity contribution >= 4 is 10.8 Å². The Balaban J connectivity index is 1.12. The third kappa shape index (κ3) is 4.89. The van der Waals surface area contributed by atoms with Gasteiger partial charge in [0.1, 0.15) is 0 Å². The molecule has 9 rings (SSSR count). The molecule has 0 bridgehead atoms. The van der Waals surface area contributed by atoms with E-state index in [1.54, 1.807) is 0 Å². The second-order valence-corrected chi connectivity index (χ2v) is 13.7. The molecule has 1 aliphatic rings. The summed E-state index contributed by atoms with van der Waals surface area (Å²) >= 11 is 0. The van der Waals surface area contributed by atoms with Gasteiger partial charge in [0.2, 0.25) is 11.8 Å². The summed E-state index contributed by atoms with van der Waals surface area (Å²) in [7, 11) is 0. The lowest BCUT2D eigenvalue weighted by molar-refractivity contribution is 0.585. The van der Waals surface area contributed by atoms with Crippen LogP contribution in [0.25, 0.3) is 55.9 Å². The van der Waals surface area contributed by atoms with Crippen molar-refractivity contribution in [3.8, 4) is 45.2 Å².